The van der Waals surface area contributed by atoms with Crippen molar-refractivity contribution >= 4 is 77.5 Å². The van der Waals surface area contributed by atoms with Crippen molar-refractivity contribution < 1.29 is 148 Å². The van der Waals surface area contributed by atoms with Crippen molar-refractivity contribution in [2.24, 2.45) is 5.92 Å². The molecular formula is C52H69NO31. The molecule has 3 heterocycles. The molecule has 0 bridgehead atoms. The minimum Gasteiger partial charge on any atom is -0.463 e. The summed E-state index contributed by atoms with van der Waals surface area (Å²) in [5.41, 5.74) is -2.39. The Bertz CT molecular complexity index is 2250. The summed E-state index contributed by atoms with van der Waals surface area (Å²) in [4.78, 5) is 166. The molecule has 4 aliphatic rings. The molecule has 3 saturated heterocycles. The first kappa shape index (κ1) is 68.8. The molecule has 32 heteroatoms. The summed E-state index contributed by atoms with van der Waals surface area (Å²) in [6, 6.07) is 0. The van der Waals surface area contributed by atoms with Gasteiger partial charge in [0.2, 0.25) is 5.91 Å². The lowest BCUT2D eigenvalue weighted by Gasteiger charge is -2.47. The van der Waals surface area contributed by atoms with E-state index in [2.05, 4.69) is 5.32 Å². The Kier molecular flexibility index (Phi) is 26.1. The van der Waals surface area contributed by atoms with Gasteiger partial charge >= 0.3 is 71.6 Å². The summed E-state index contributed by atoms with van der Waals surface area (Å²) in [7, 11) is 0. The van der Waals surface area contributed by atoms with Crippen molar-refractivity contribution in [2.45, 2.75) is 181 Å². The number of amides is 1. The van der Waals surface area contributed by atoms with Crippen LogP contribution in [0.2, 0.25) is 0 Å². The second kappa shape index (κ2) is 31.9. The first-order chi connectivity index (χ1) is 39.4. The molecule has 1 aliphatic carbocycles. The molecule has 4 rings (SSSR count). The van der Waals surface area contributed by atoms with Crippen LogP contribution < -0.4 is 5.32 Å². The topological polar surface area (TPSA) is 400 Å². The van der Waals surface area contributed by atoms with Crippen LogP contribution in [0.5, 0.6) is 0 Å². The van der Waals surface area contributed by atoms with E-state index in [-0.39, 0.29) is 0 Å². The van der Waals surface area contributed by atoms with E-state index in [9.17, 15) is 62.3 Å². The highest BCUT2D eigenvalue weighted by atomic mass is 16.8. The molecule has 0 aromatic heterocycles. The normalized spacial score (nSPS) is 28.2. The average Bonchev–Trinajstić information content (AvgIpc) is 3.35. The molecule has 1 N–H and O–H groups in total. The molecule has 0 spiro atoms. The largest absolute Gasteiger partial charge is 0.463 e. The summed E-state index contributed by atoms with van der Waals surface area (Å²) in [5.74, 6) is -13.6. The van der Waals surface area contributed by atoms with Crippen LogP contribution in [0.25, 0.3) is 0 Å². The molecule has 3 aliphatic heterocycles. The lowest BCUT2D eigenvalue weighted by Crippen LogP contribution is -2.67. The summed E-state index contributed by atoms with van der Waals surface area (Å²) in [5, 5.41) is 2.77. The van der Waals surface area contributed by atoms with Crippen molar-refractivity contribution in [3.63, 3.8) is 0 Å². The first-order valence-corrected chi connectivity index (χ1v) is 25.8. The van der Waals surface area contributed by atoms with E-state index in [1.54, 1.807) is 0 Å². The quantitative estimate of drug-likeness (QED) is 0.0792. The fourth-order valence-electron chi connectivity index (χ4n) is 8.88. The van der Waals surface area contributed by atoms with E-state index < -0.39 is 221 Å². The van der Waals surface area contributed by atoms with Crippen LogP contribution in [0.1, 0.15) is 83.1 Å². The van der Waals surface area contributed by atoms with Crippen molar-refractivity contribution in [3.05, 3.63) is 24.3 Å². The van der Waals surface area contributed by atoms with Crippen molar-refractivity contribution in [3.8, 4) is 0 Å². The number of nitrogens with one attached hydrogen (secondary N) is 1. The lowest BCUT2D eigenvalue weighted by molar-refractivity contribution is -0.328. The molecule has 0 unspecified atom stereocenters. The Labute approximate surface area is 480 Å². The van der Waals surface area contributed by atoms with Gasteiger partial charge in [-0.25, -0.2) is 0 Å². The summed E-state index contributed by atoms with van der Waals surface area (Å²) in [6.07, 6.45) is -21.1. The van der Waals surface area contributed by atoms with Crippen LogP contribution in [-0.4, -0.2) is 215 Å². The fourth-order valence-corrected chi connectivity index (χ4v) is 8.88. The number of allylic oxidation sites excluding steroid dienone is 2. The van der Waals surface area contributed by atoms with Crippen LogP contribution in [0.3, 0.4) is 0 Å². The van der Waals surface area contributed by atoms with Crippen LogP contribution in [0.4, 0.5) is 0 Å². The molecule has 15 atom stereocenters. The SMILES string of the molecule is CC(=O)OC[C@H]1O[C@@H](OCC(CO[C@@H]2O[C@H](COC(C)=O)[C@@H](OC(C)=O)[C@H](OC(C)=O)[C@H]2OC(C)=O)(CO[C@@H]2O[C@H](COC(C)=O)[C@@H](OC(C)=O)[C@H](OC(C)=O)[C@H]2OC(C)=O)NC(=O)C2C=CC=C2)[C@H](OC(C)=O)[C@@H](OC(C)=O)[C@@H]1OC(C)=O. The minimum atomic E-state index is -2.39. The monoisotopic (exact) mass is 1200 g/mol. The number of carbonyl (C=O) groups excluding carboxylic acids is 13. The number of carbonyl (C=O) groups is 13. The van der Waals surface area contributed by atoms with E-state index in [4.69, 9.17) is 85.3 Å². The Morgan fingerprint density at radius 1 is 0.333 bits per heavy atom. The van der Waals surface area contributed by atoms with Crippen molar-refractivity contribution in [2.75, 3.05) is 39.6 Å². The van der Waals surface area contributed by atoms with E-state index in [1.165, 1.54) is 24.3 Å². The van der Waals surface area contributed by atoms with Gasteiger partial charge in [-0.3, -0.25) is 62.3 Å². The maximum atomic E-state index is 14.7. The maximum absolute atomic E-state index is 14.7. The Morgan fingerprint density at radius 2 is 0.560 bits per heavy atom. The third kappa shape index (κ3) is 21.2. The van der Waals surface area contributed by atoms with Gasteiger partial charge in [0.15, 0.2) is 73.8 Å². The zero-order valence-corrected chi connectivity index (χ0v) is 47.9. The number of hydrogen-bond acceptors (Lipinski definition) is 31. The van der Waals surface area contributed by atoms with Gasteiger partial charge in [0.1, 0.15) is 43.7 Å². The molecule has 0 saturated carbocycles. The highest BCUT2D eigenvalue weighted by Crippen LogP contribution is 2.35. The fraction of sp³-hybridized carbons (Fsp3) is 0.673. The van der Waals surface area contributed by atoms with Gasteiger partial charge in [-0.2, -0.15) is 0 Å². The highest BCUT2D eigenvalue weighted by Gasteiger charge is 2.57. The van der Waals surface area contributed by atoms with Gasteiger partial charge in [0.25, 0.3) is 0 Å². The van der Waals surface area contributed by atoms with Crippen molar-refractivity contribution in [1.82, 2.24) is 5.32 Å². The predicted octanol–water partition coefficient (Wildman–Crippen LogP) is -1.12. The zero-order valence-electron chi connectivity index (χ0n) is 47.9. The van der Waals surface area contributed by atoms with Gasteiger partial charge in [-0.1, -0.05) is 24.3 Å². The number of rotatable bonds is 26. The lowest BCUT2D eigenvalue weighted by atomic mass is 9.96. The highest BCUT2D eigenvalue weighted by molar-refractivity contribution is 5.84. The smallest absolute Gasteiger partial charge is 0.303 e. The van der Waals surface area contributed by atoms with Gasteiger partial charge in [0.05, 0.1) is 25.7 Å². The Hall–Kier alpha value is -7.65. The van der Waals surface area contributed by atoms with Gasteiger partial charge in [0, 0.05) is 83.1 Å². The summed E-state index contributed by atoms with van der Waals surface area (Å²) in [6.45, 7) is 6.50. The van der Waals surface area contributed by atoms with E-state index in [0.29, 0.717) is 0 Å². The van der Waals surface area contributed by atoms with Gasteiger partial charge in [-0.05, 0) is 0 Å². The average molecular weight is 1200 g/mol. The van der Waals surface area contributed by atoms with Crippen LogP contribution in [-0.2, 0) is 148 Å². The number of ether oxygens (including phenoxy) is 18. The first-order valence-electron chi connectivity index (χ1n) is 25.8. The summed E-state index contributed by atoms with van der Waals surface area (Å²) >= 11 is 0. The van der Waals surface area contributed by atoms with Gasteiger partial charge in [-0.15, -0.1) is 0 Å². The maximum Gasteiger partial charge on any atom is 0.303 e. The van der Waals surface area contributed by atoms with Crippen LogP contribution in [0.15, 0.2) is 24.3 Å². The number of esters is 12. The molecule has 84 heavy (non-hydrogen) atoms. The van der Waals surface area contributed by atoms with E-state index >= 15 is 0 Å². The van der Waals surface area contributed by atoms with Crippen LogP contribution >= 0.6 is 0 Å². The molecule has 0 aromatic rings. The molecular weight excluding hydrogens is 1130 g/mol. The third-order valence-corrected chi connectivity index (χ3v) is 11.9. The molecule has 0 aromatic carbocycles. The second-order valence-electron chi connectivity index (χ2n) is 19.2. The second-order valence-corrected chi connectivity index (χ2v) is 19.2. The minimum absolute atomic E-state index is 0.724. The Morgan fingerprint density at radius 3 is 0.786 bits per heavy atom. The molecule has 32 nitrogen and oxygen atoms in total. The number of hydrogen-bond donors (Lipinski definition) is 1. The van der Waals surface area contributed by atoms with Crippen molar-refractivity contribution in [1.29, 1.82) is 0 Å². The predicted molar refractivity (Wildman–Crippen MR) is 266 cm³/mol. The Balaban J connectivity index is 2.04. The summed E-state index contributed by atoms with van der Waals surface area (Å²) < 4.78 is 104. The van der Waals surface area contributed by atoms with E-state index in [1.807, 2.05) is 0 Å². The van der Waals surface area contributed by atoms with Crippen LogP contribution in [0, 0.1) is 5.92 Å². The van der Waals surface area contributed by atoms with E-state index in [0.717, 1.165) is 83.1 Å². The zero-order chi connectivity index (χ0) is 62.7. The third-order valence-electron chi connectivity index (χ3n) is 11.9. The molecule has 468 valence electrons. The molecule has 0 radical (unpaired) electrons. The molecule has 3 fully saturated rings. The molecule has 1 amide bonds. The standard InChI is InChI=1S/C52H69NO31/c1-23(54)67-17-36-39(73-26(4)57)42(76-29(7)60)45(79-32(10)63)49(82-36)70-20-52(53-48(66)35-15-13-14-16-35,21-71-50-46(80-33(11)64)43(77-30(8)61)40(74-27(5)58)37(83-50)18-68-24(2)55)22-72-51-47(81-34(12)65)44(78-31(9)62)41(75-28(6)59)38(84-51)19-69-25(3)56/h13-16,35-47,49-51H,17-22H2,1-12H3,(H,53,66)/t36-,37-,38-,39-,40-,41-,42+,43+,44+,45-,46-,47-,49-,50-,51-/m1/s1. The van der Waals surface area contributed by atoms with Gasteiger partial charge < -0.3 is 90.6 Å².